The molecule has 2 aromatic heterocycles. The molecule has 0 spiro atoms. The number of hydrogen-bond donors (Lipinski definition) is 0. The summed E-state index contributed by atoms with van der Waals surface area (Å²) in [4.78, 5) is 10.0. The van der Waals surface area contributed by atoms with Crippen LogP contribution < -0.4 is 36.0 Å². The third-order valence-corrected chi connectivity index (χ3v) is 19.1. The van der Waals surface area contributed by atoms with Gasteiger partial charge < -0.3 is 28.7 Å². The first-order chi connectivity index (χ1) is 44.6. The highest BCUT2D eigenvalue weighted by Crippen LogP contribution is 2.51. The van der Waals surface area contributed by atoms with E-state index in [-0.39, 0.29) is 6.71 Å². The summed E-state index contributed by atoms with van der Waals surface area (Å²) in [5.41, 5.74) is 31.8. The third-order valence-electron chi connectivity index (χ3n) is 19.1. The zero-order chi connectivity index (χ0) is 61.2. The van der Waals surface area contributed by atoms with Crippen LogP contribution in [-0.2, 0) is 0 Å². The standard InChI is InChI=1S/C84H65BN6/c1-54-44-56(3)83(57(4)45-54)90-74-38-25-39-75-82(74)85(72-52-78-70(50-80(72)90)68-42-40-66(48-76(68)88(78)64-34-21-11-22-35-64)86(60-26-13-7-14-27-60)61-28-15-8-16-29-61)73-53-79-71(51-81(73)91(75)84-58(5)46-55(2)47-59(84)6)69-43-41-67(49-77(69)89(79)65-36-23-12-24-37-65)87(62-30-17-9-18-31-62)63-32-19-10-20-33-63/h7-53H,1-6H3. The van der Waals surface area contributed by atoms with Crippen molar-refractivity contribution in [1.29, 1.82) is 0 Å². The van der Waals surface area contributed by atoms with E-state index in [9.17, 15) is 0 Å². The zero-order valence-electron chi connectivity index (χ0n) is 51.9. The van der Waals surface area contributed by atoms with Crippen molar-refractivity contribution in [1.82, 2.24) is 9.13 Å². The maximum atomic E-state index is 2.63. The van der Waals surface area contributed by atoms with Gasteiger partial charge >= 0.3 is 0 Å². The molecule has 0 amide bonds. The SMILES string of the molecule is Cc1cc(C)c(N2c3cc4c5ccc(N(c6ccccc6)c6ccccc6)cc5n(-c5ccccc5)c4cc3B3c4cc5c(cc4N(c4c(C)cc(C)cc4C)c4cccc2c43)c2ccc(N(c3ccccc3)c3ccccc3)cc2n5-c2ccccc2)c(C)c1. The van der Waals surface area contributed by atoms with Crippen LogP contribution in [-0.4, -0.2) is 15.8 Å². The molecule has 2 aliphatic heterocycles. The van der Waals surface area contributed by atoms with Gasteiger partial charge in [0, 0.05) is 89.8 Å². The molecule has 6 nitrogen and oxygen atoms in total. The van der Waals surface area contributed by atoms with Gasteiger partial charge in [0.25, 0.3) is 6.71 Å². The van der Waals surface area contributed by atoms with E-state index in [0.717, 1.165) is 67.6 Å². The molecule has 0 N–H and O–H groups in total. The average Bonchev–Trinajstić information content (AvgIpc) is 1.67. The number of rotatable bonds is 10. The third kappa shape index (κ3) is 8.56. The maximum absolute atomic E-state index is 2.63. The van der Waals surface area contributed by atoms with Crippen LogP contribution in [0.2, 0.25) is 0 Å². The summed E-state index contributed by atoms with van der Waals surface area (Å²) in [6.45, 7) is 13.5. The van der Waals surface area contributed by atoms with Gasteiger partial charge in [-0.1, -0.05) is 163 Å². The molecule has 91 heavy (non-hydrogen) atoms. The molecule has 13 aromatic carbocycles. The fraction of sp³-hybridized carbons (Fsp3) is 0.0714. The van der Waals surface area contributed by atoms with Gasteiger partial charge in [-0.25, -0.2) is 0 Å². The Morgan fingerprint density at radius 1 is 0.264 bits per heavy atom. The normalized spacial score (nSPS) is 12.4. The Hall–Kier alpha value is -11.3. The number of para-hydroxylation sites is 6. The lowest BCUT2D eigenvalue weighted by Gasteiger charge is -2.45. The van der Waals surface area contributed by atoms with Crippen molar-refractivity contribution in [2.45, 2.75) is 41.5 Å². The molecule has 0 fully saturated rings. The summed E-state index contributed by atoms with van der Waals surface area (Å²) >= 11 is 0. The lowest BCUT2D eigenvalue weighted by atomic mass is 9.33. The summed E-state index contributed by atoms with van der Waals surface area (Å²) in [5.74, 6) is 0. The van der Waals surface area contributed by atoms with Crippen molar-refractivity contribution in [3.05, 3.63) is 318 Å². The van der Waals surface area contributed by atoms with Crippen molar-refractivity contribution >= 4 is 135 Å². The van der Waals surface area contributed by atoms with E-state index in [0.29, 0.717) is 0 Å². The van der Waals surface area contributed by atoms with Crippen LogP contribution in [0.5, 0.6) is 0 Å². The van der Waals surface area contributed by atoms with Crippen molar-refractivity contribution in [2.75, 3.05) is 19.6 Å². The van der Waals surface area contributed by atoms with Gasteiger partial charge in [-0.3, -0.25) is 0 Å². The first kappa shape index (κ1) is 53.9. The molecule has 0 bridgehead atoms. The lowest BCUT2D eigenvalue weighted by Crippen LogP contribution is -2.61. The van der Waals surface area contributed by atoms with Gasteiger partial charge in [-0.2, -0.15) is 0 Å². The van der Waals surface area contributed by atoms with E-state index in [2.05, 4.69) is 355 Å². The Morgan fingerprint density at radius 3 is 0.923 bits per heavy atom. The molecule has 0 aliphatic carbocycles. The van der Waals surface area contributed by atoms with Crippen LogP contribution in [0.15, 0.2) is 285 Å². The minimum absolute atomic E-state index is 0.191. The van der Waals surface area contributed by atoms with Gasteiger partial charge in [-0.05, 0) is 214 Å². The molecular weight excluding hydrogens is 1100 g/mol. The topological polar surface area (TPSA) is 22.8 Å². The number of nitrogens with zero attached hydrogens (tertiary/aromatic N) is 6. The molecule has 7 heteroatoms. The predicted octanol–water partition coefficient (Wildman–Crippen LogP) is 20.8. The summed E-state index contributed by atoms with van der Waals surface area (Å²) in [5, 5.41) is 4.77. The number of aromatic nitrogens is 2. The van der Waals surface area contributed by atoms with Crippen molar-refractivity contribution in [2.24, 2.45) is 0 Å². The Balaban J connectivity index is 0.996. The Labute approximate surface area is 532 Å². The first-order valence-corrected chi connectivity index (χ1v) is 31.7. The van der Waals surface area contributed by atoms with E-state index in [4.69, 9.17) is 0 Å². The lowest BCUT2D eigenvalue weighted by molar-refractivity contribution is 1.17. The highest BCUT2D eigenvalue weighted by Gasteiger charge is 2.45. The van der Waals surface area contributed by atoms with E-state index in [1.54, 1.807) is 0 Å². The quantitative estimate of drug-likeness (QED) is 0.127. The highest BCUT2D eigenvalue weighted by molar-refractivity contribution is 7.00. The minimum atomic E-state index is -0.191. The van der Waals surface area contributed by atoms with Crippen molar-refractivity contribution in [3.63, 3.8) is 0 Å². The largest absolute Gasteiger partial charge is 0.311 e. The van der Waals surface area contributed by atoms with Gasteiger partial charge in [0.1, 0.15) is 0 Å². The van der Waals surface area contributed by atoms with Gasteiger partial charge in [0.05, 0.1) is 33.4 Å². The fourth-order valence-electron chi connectivity index (χ4n) is 15.7. The molecule has 0 radical (unpaired) electrons. The van der Waals surface area contributed by atoms with Crippen LogP contribution in [0.3, 0.4) is 0 Å². The van der Waals surface area contributed by atoms with E-state index < -0.39 is 0 Å². The molecule has 15 aromatic rings. The molecule has 0 saturated heterocycles. The predicted molar refractivity (Wildman–Crippen MR) is 387 cm³/mol. The smallest absolute Gasteiger partial charge is 0.252 e. The second kappa shape index (κ2) is 21.2. The number of aryl methyl sites for hydroxylation is 6. The van der Waals surface area contributed by atoms with Crippen LogP contribution in [0, 0.1) is 41.5 Å². The van der Waals surface area contributed by atoms with Gasteiger partial charge in [-0.15, -0.1) is 0 Å². The van der Waals surface area contributed by atoms with Gasteiger partial charge in [0.15, 0.2) is 0 Å². The maximum Gasteiger partial charge on any atom is 0.252 e. The van der Waals surface area contributed by atoms with Gasteiger partial charge in [0.2, 0.25) is 0 Å². The summed E-state index contributed by atoms with van der Waals surface area (Å²) < 4.78 is 5.04. The van der Waals surface area contributed by atoms with Crippen LogP contribution in [0.1, 0.15) is 33.4 Å². The molecule has 434 valence electrons. The first-order valence-electron chi connectivity index (χ1n) is 31.7. The molecule has 0 unspecified atom stereocenters. The van der Waals surface area contributed by atoms with Crippen LogP contribution >= 0.6 is 0 Å². The zero-order valence-corrected chi connectivity index (χ0v) is 51.9. The summed E-state index contributed by atoms with van der Waals surface area (Å²) in [7, 11) is 0. The second-order valence-electron chi connectivity index (χ2n) is 24.9. The molecule has 0 atom stereocenters. The monoisotopic (exact) mass is 1170 g/mol. The minimum Gasteiger partial charge on any atom is -0.311 e. The van der Waals surface area contributed by atoms with Crippen molar-refractivity contribution in [3.8, 4) is 11.4 Å². The Bertz CT molecular complexity index is 4910. The van der Waals surface area contributed by atoms with E-state index in [1.165, 1.54) is 105 Å². The average molecular weight is 1170 g/mol. The van der Waals surface area contributed by atoms with E-state index >= 15 is 0 Å². The number of fused-ring (bicyclic) bond motifs is 10. The molecule has 0 saturated carbocycles. The Morgan fingerprint density at radius 2 is 0.582 bits per heavy atom. The fourth-order valence-corrected chi connectivity index (χ4v) is 15.7. The number of anilines is 12. The molecule has 2 aliphatic rings. The molecular formula is C84H65BN6. The van der Waals surface area contributed by atoms with Crippen molar-refractivity contribution < 1.29 is 0 Å². The van der Waals surface area contributed by atoms with Crippen LogP contribution in [0.25, 0.3) is 55.0 Å². The Kier molecular flexibility index (Phi) is 12.6. The van der Waals surface area contributed by atoms with E-state index in [1.807, 2.05) is 0 Å². The number of hydrogen-bond acceptors (Lipinski definition) is 4. The summed E-state index contributed by atoms with van der Waals surface area (Å²) in [6, 6.07) is 106. The van der Waals surface area contributed by atoms with Crippen LogP contribution in [0.4, 0.5) is 68.2 Å². The second-order valence-corrected chi connectivity index (χ2v) is 24.9. The highest BCUT2D eigenvalue weighted by atomic mass is 15.2. The molecule has 4 heterocycles. The number of benzene rings is 13. The molecule has 17 rings (SSSR count). The summed E-state index contributed by atoms with van der Waals surface area (Å²) in [6.07, 6.45) is 0.